The second-order valence-electron chi connectivity index (χ2n) is 6.91. The smallest absolute Gasteiger partial charge is 0.232 e. The van der Waals surface area contributed by atoms with Crippen LogP contribution in [-0.2, 0) is 9.59 Å². The number of ether oxygens (including phenoxy) is 1. The van der Waals surface area contributed by atoms with Gasteiger partial charge < -0.3 is 14.5 Å². The molecule has 3 rings (SSSR count). The predicted octanol–water partition coefficient (Wildman–Crippen LogP) is 4.09. The van der Waals surface area contributed by atoms with Crippen molar-refractivity contribution in [3.8, 4) is 5.75 Å². The predicted molar refractivity (Wildman–Crippen MR) is 110 cm³/mol. The van der Waals surface area contributed by atoms with E-state index in [1.807, 2.05) is 50.2 Å². The highest BCUT2D eigenvalue weighted by Gasteiger charge is 2.38. The van der Waals surface area contributed by atoms with E-state index in [0.29, 0.717) is 12.3 Å². The fourth-order valence-corrected chi connectivity index (χ4v) is 3.98. The number of carbonyl (C=O) groups is 2. The first-order valence-electron chi connectivity index (χ1n) is 8.80. The van der Waals surface area contributed by atoms with E-state index in [1.165, 1.54) is 0 Å². The highest BCUT2D eigenvalue weighted by Crippen LogP contribution is 2.35. The molecular weight excluding hydrogens is 408 g/mol. The Hall–Kier alpha value is -2.34. The van der Waals surface area contributed by atoms with E-state index in [-0.39, 0.29) is 24.2 Å². The number of amides is 2. The van der Waals surface area contributed by atoms with Crippen LogP contribution < -0.4 is 14.5 Å². The molecule has 142 valence electrons. The topological polar surface area (TPSA) is 49.9 Å². The number of benzene rings is 2. The molecule has 0 spiro atoms. The summed E-state index contributed by atoms with van der Waals surface area (Å²) in [5, 5.41) is 0. The van der Waals surface area contributed by atoms with Gasteiger partial charge in [0.1, 0.15) is 5.75 Å². The minimum atomic E-state index is -0.379. The Labute approximate surface area is 168 Å². The Morgan fingerprint density at radius 1 is 1.22 bits per heavy atom. The Kier molecular flexibility index (Phi) is 5.56. The Morgan fingerprint density at radius 3 is 2.63 bits per heavy atom. The number of nitrogens with zero attached hydrogens (tertiary/aromatic N) is 2. The second-order valence-corrected chi connectivity index (χ2v) is 7.82. The summed E-state index contributed by atoms with van der Waals surface area (Å²) in [6.07, 6.45) is 0.204. The molecule has 0 aliphatic carbocycles. The lowest BCUT2D eigenvalue weighted by Gasteiger charge is -2.24. The Bertz CT molecular complexity index is 897. The highest BCUT2D eigenvalue weighted by atomic mass is 79.9. The van der Waals surface area contributed by atoms with Crippen molar-refractivity contribution < 1.29 is 14.3 Å². The summed E-state index contributed by atoms with van der Waals surface area (Å²) in [5.41, 5.74) is 3.61. The number of hydrogen-bond donors (Lipinski definition) is 0. The Balaban J connectivity index is 1.83. The van der Waals surface area contributed by atoms with Gasteiger partial charge in [-0.1, -0.05) is 22.0 Å². The lowest BCUT2D eigenvalue weighted by atomic mass is 10.1. The Morgan fingerprint density at radius 2 is 1.96 bits per heavy atom. The van der Waals surface area contributed by atoms with E-state index in [4.69, 9.17) is 4.74 Å². The summed E-state index contributed by atoms with van der Waals surface area (Å²) >= 11 is 3.44. The zero-order valence-corrected chi connectivity index (χ0v) is 17.5. The van der Waals surface area contributed by atoms with E-state index >= 15 is 0 Å². The molecule has 1 atom stereocenters. The average Bonchev–Trinajstić information content (AvgIpc) is 3.02. The molecule has 6 heteroatoms. The van der Waals surface area contributed by atoms with Gasteiger partial charge in [-0.3, -0.25) is 9.59 Å². The SMILES string of the molecule is COc1ccc(C)cc1N1CC(C(=O)N(C)c2ccc(Br)cc2C)CC1=O. The molecule has 0 saturated carbocycles. The van der Waals surface area contributed by atoms with Crippen molar-refractivity contribution in [1.82, 2.24) is 0 Å². The van der Waals surface area contributed by atoms with Gasteiger partial charge in [-0.2, -0.15) is 0 Å². The zero-order chi connectivity index (χ0) is 19.7. The largest absolute Gasteiger partial charge is 0.495 e. The van der Waals surface area contributed by atoms with Crippen molar-refractivity contribution in [3.05, 3.63) is 52.0 Å². The number of rotatable bonds is 4. The third-order valence-corrected chi connectivity index (χ3v) is 5.44. The molecule has 0 aromatic heterocycles. The van der Waals surface area contributed by atoms with Crippen LogP contribution in [-0.4, -0.2) is 32.5 Å². The van der Waals surface area contributed by atoms with Crippen molar-refractivity contribution in [2.75, 3.05) is 30.5 Å². The third kappa shape index (κ3) is 3.86. The molecule has 1 fully saturated rings. The van der Waals surface area contributed by atoms with Crippen LogP contribution in [0.4, 0.5) is 11.4 Å². The molecule has 2 aromatic rings. The molecule has 0 bridgehead atoms. The minimum Gasteiger partial charge on any atom is -0.495 e. The van der Waals surface area contributed by atoms with Crippen molar-refractivity contribution in [3.63, 3.8) is 0 Å². The van der Waals surface area contributed by atoms with Gasteiger partial charge in [-0.05, 0) is 55.3 Å². The van der Waals surface area contributed by atoms with Crippen LogP contribution in [0.25, 0.3) is 0 Å². The van der Waals surface area contributed by atoms with Gasteiger partial charge in [0.15, 0.2) is 0 Å². The van der Waals surface area contributed by atoms with Crippen LogP contribution in [0.1, 0.15) is 17.5 Å². The van der Waals surface area contributed by atoms with E-state index in [1.54, 1.807) is 24.0 Å². The van der Waals surface area contributed by atoms with E-state index in [2.05, 4.69) is 15.9 Å². The maximum absolute atomic E-state index is 13.0. The number of methoxy groups -OCH3 is 1. The molecule has 5 nitrogen and oxygen atoms in total. The summed E-state index contributed by atoms with van der Waals surface area (Å²) < 4.78 is 6.38. The van der Waals surface area contributed by atoms with E-state index in [9.17, 15) is 9.59 Å². The molecule has 1 aliphatic rings. The molecule has 2 aromatic carbocycles. The lowest BCUT2D eigenvalue weighted by molar-refractivity contribution is -0.124. The first-order chi connectivity index (χ1) is 12.8. The molecular formula is C21H23BrN2O3. The van der Waals surface area contributed by atoms with E-state index < -0.39 is 0 Å². The zero-order valence-electron chi connectivity index (χ0n) is 16.0. The average molecular weight is 431 g/mol. The lowest BCUT2D eigenvalue weighted by Crippen LogP contribution is -2.35. The fraction of sp³-hybridized carbons (Fsp3) is 0.333. The summed E-state index contributed by atoms with van der Waals surface area (Å²) in [5.74, 6) is 0.149. The normalized spacial score (nSPS) is 16.6. The molecule has 1 heterocycles. The van der Waals surface area contributed by atoms with Crippen LogP contribution in [0.2, 0.25) is 0 Å². The quantitative estimate of drug-likeness (QED) is 0.733. The minimum absolute atomic E-state index is 0.0529. The van der Waals surface area contributed by atoms with Gasteiger partial charge in [0, 0.05) is 30.2 Å². The highest BCUT2D eigenvalue weighted by molar-refractivity contribution is 9.10. The van der Waals surface area contributed by atoms with E-state index in [0.717, 1.165) is 27.0 Å². The molecule has 0 N–H and O–H groups in total. The van der Waals surface area contributed by atoms with Gasteiger partial charge in [-0.15, -0.1) is 0 Å². The number of carbonyl (C=O) groups excluding carboxylic acids is 2. The number of halogens is 1. The molecule has 1 saturated heterocycles. The molecule has 2 amide bonds. The van der Waals surface area contributed by atoms with Crippen LogP contribution in [0, 0.1) is 19.8 Å². The van der Waals surface area contributed by atoms with Gasteiger partial charge in [-0.25, -0.2) is 0 Å². The second kappa shape index (κ2) is 7.72. The first-order valence-corrected chi connectivity index (χ1v) is 9.60. The van der Waals surface area contributed by atoms with Gasteiger partial charge in [0.25, 0.3) is 0 Å². The number of anilines is 2. The standard InChI is InChI=1S/C21H23BrN2O3/c1-13-5-8-19(27-4)18(9-13)24-12-15(11-20(24)25)21(26)23(3)17-7-6-16(22)10-14(17)2/h5-10,15H,11-12H2,1-4H3. The van der Waals surface area contributed by atoms with Crippen molar-refractivity contribution in [1.29, 1.82) is 0 Å². The van der Waals surface area contributed by atoms with Crippen LogP contribution >= 0.6 is 15.9 Å². The summed E-state index contributed by atoms with van der Waals surface area (Å²) in [6.45, 7) is 4.29. The maximum atomic E-state index is 13.0. The fourth-order valence-electron chi connectivity index (χ4n) is 3.50. The van der Waals surface area contributed by atoms with Crippen molar-refractivity contribution in [2.24, 2.45) is 5.92 Å². The monoisotopic (exact) mass is 430 g/mol. The molecule has 0 radical (unpaired) electrons. The third-order valence-electron chi connectivity index (χ3n) is 4.95. The number of hydrogen-bond acceptors (Lipinski definition) is 3. The van der Waals surface area contributed by atoms with Gasteiger partial charge in [0.05, 0.1) is 18.7 Å². The van der Waals surface area contributed by atoms with Crippen molar-refractivity contribution >= 4 is 39.1 Å². The maximum Gasteiger partial charge on any atom is 0.232 e. The summed E-state index contributed by atoms with van der Waals surface area (Å²) in [7, 11) is 3.35. The van der Waals surface area contributed by atoms with Crippen LogP contribution in [0.5, 0.6) is 5.75 Å². The van der Waals surface area contributed by atoms with Gasteiger partial charge in [0.2, 0.25) is 11.8 Å². The van der Waals surface area contributed by atoms with Crippen molar-refractivity contribution in [2.45, 2.75) is 20.3 Å². The summed E-state index contributed by atoms with van der Waals surface area (Å²) in [4.78, 5) is 29.0. The first kappa shape index (κ1) is 19.4. The molecule has 27 heavy (non-hydrogen) atoms. The molecule has 1 aliphatic heterocycles. The van der Waals surface area contributed by atoms with Crippen LogP contribution in [0.15, 0.2) is 40.9 Å². The van der Waals surface area contributed by atoms with Gasteiger partial charge >= 0.3 is 0 Å². The van der Waals surface area contributed by atoms with Crippen LogP contribution in [0.3, 0.4) is 0 Å². The molecule has 1 unspecified atom stereocenters. The number of aryl methyl sites for hydroxylation is 2. The summed E-state index contributed by atoms with van der Waals surface area (Å²) in [6, 6.07) is 11.5.